The number of carbonyl (C=O) groups excluding carboxylic acids is 1. The Balaban J connectivity index is 1.63. The predicted octanol–water partition coefficient (Wildman–Crippen LogP) is 6.30. The maximum absolute atomic E-state index is 14.0. The molecule has 4 aromatic carbocycles. The Morgan fingerprint density at radius 1 is 0.771 bits per heavy atom. The van der Waals surface area contributed by atoms with Gasteiger partial charge in [0.15, 0.2) is 0 Å². The minimum absolute atomic E-state index is 0.0692. The second kappa shape index (κ2) is 10.2. The lowest BCUT2D eigenvalue weighted by molar-refractivity contribution is 0.210. The minimum atomic E-state index is -0.340. The van der Waals surface area contributed by atoms with Crippen LogP contribution >= 0.6 is 0 Å². The Labute approximate surface area is 206 Å². The van der Waals surface area contributed by atoms with E-state index in [1.807, 2.05) is 113 Å². The highest BCUT2D eigenvalue weighted by Gasteiger charge is 2.46. The molecule has 1 aliphatic rings. The molecule has 1 saturated heterocycles. The number of benzene rings is 4. The van der Waals surface area contributed by atoms with Crippen molar-refractivity contribution in [2.75, 3.05) is 12.0 Å². The minimum Gasteiger partial charge on any atom is -0.497 e. The van der Waals surface area contributed by atoms with Gasteiger partial charge in [-0.25, -0.2) is 4.79 Å². The van der Waals surface area contributed by atoms with Gasteiger partial charge in [0, 0.05) is 17.8 Å². The third kappa shape index (κ3) is 4.76. The fourth-order valence-electron chi connectivity index (χ4n) is 4.47. The van der Waals surface area contributed by atoms with Gasteiger partial charge in [0.25, 0.3) is 0 Å². The Bertz CT molecular complexity index is 1330. The van der Waals surface area contributed by atoms with Crippen molar-refractivity contribution < 1.29 is 9.53 Å². The lowest BCUT2D eigenvalue weighted by atomic mass is 9.98. The van der Waals surface area contributed by atoms with Crippen molar-refractivity contribution in [2.24, 2.45) is 0 Å². The van der Waals surface area contributed by atoms with Crippen LogP contribution < -0.4 is 9.64 Å². The molecule has 4 heteroatoms. The van der Waals surface area contributed by atoms with E-state index in [4.69, 9.17) is 4.74 Å². The fourth-order valence-corrected chi connectivity index (χ4v) is 4.47. The molecular formula is C31H26N2O2. The molecule has 5 rings (SSSR count). The van der Waals surface area contributed by atoms with Crippen LogP contribution in [0.1, 0.15) is 22.7 Å². The Hall–Kier alpha value is -4.49. The molecule has 1 fully saturated rings. The summed E-state index contributed by atoms with van der Waals surface area (Å²) in [5, 5.41) is 0. The molecular weight excluding hydrogens is 432 g/mol. The number of urea groups is 1. The SMILES string of the molecule is COc1ccc(N2C(=O)N(Cc3ccccc3)[C@@H](C#Cc3ccccc3)[C@@H]2c2ccccc2)cc1. The average Bonchev–Trinajstić information content (AvgIpc) is 3.20. The third-order valence-corrected chi connectivity index (χ3v) is 6.19. The zero-order valence-corrected chi connectivity index (χ0v) is 19.5. The zero-order valence-electron chi connectivity index (χ0n) is 19.5. The molecule has 0 bridgehead atoms. The Kier molecular flexibility index (Phi) is 6.50. The first-order valence-electron chi connectivity index (χ1n) is 11.6. The second-order valence-corrected chi connectivity index (χ2v) is 8.40. The topological polar surface area (TPSA) is 32.8 Å². The third-order valence-electron chi connectivity index (χ3n) is 6.19. The molecule has 0 spiro atoms. The summed E-state index contributed by atoms with van der Waals surface area (Å²) in [7, 11) is 1.64. The van der Waals surface area contributed by atoms with Crippen LogP contribution in [-0.2, 0) is 6.54 Å². The first-order chi connectivity index (χ1) is 17.2. The van der Waals surface area contributed by atoms with Crippen LogP contribution in [0.4, 0.5) is 10.5 Å². The maximum Gasteiger partial charge on any atom is 0.326 e. The maximum atomic E-state index is 14.0. The van der Waals surface area contributed by atoms with Gasteiger partial charge in [-0.2, -0.15) is 0 Å². The van der Waals surface area contributed by atoms with Crippen LogP contribution in [-0.4, -0.2) is 24.1 Å². The summed E-state index contributed by atoms with van der Waals surface area (Å²) in [4.78, 5) is 17.8. The number of anilines is 1. The summed E-state index contributed by atoms with van der Waals surface area (Å²) in [6, 6.07) is 37.1. The molecule has 4 aromatic rings. The molecule has 0 N–H and O–H groups in total. The van der Waals surface area contributed by atoms with E-state index in [-0.39, 0.29) is 18.1 Å². The first kappa shape index (κ1) is 22.3. The molecule has 0 aromatic heterocycles. The number of rotatable bonds is 5. The Morgan fingerprint density at radius 2 is 1.37 bits per heavy atom. The zero-order chi connectivity index (χ0) is 24.0. The highest BCUT2D eigenvalue weighted by molar-refractivity contribution is 5.96. The number of ether oxygens (including phenoxy) is 1. The van der Waals surface area contributed by atoms with Gasteiger partial charge in [0.05, 0.1) is 13.2 Å². The van der Waals surface area contributed by atoms with Gasteiger partial charge in [-0.05, 0) is 47.5 Å². The largest absolute Gasteiger partial charge is 0.497 e. The van der Waals surface area contributed by atoms with E-state index in [1.54, 1.807) is 7.11 Å². The van der Waals surface area contributed by atoms with Gasteiger partial charge < -0.3 is 9.64 Å². The van der Waals surface area contributed by atoms with Crippen molar-refractivity contribution >= 4 is 11.7 Å². The average molecular weight is 459 g/mol. The molecule has 1 heterocycles. The van der Waals surface area contributed by atoms with Crippen LogP contribution in [0, 0.1) is 11.8 Å². The molecule has 4 nitrogen and oxygen atoms in total. The van der Waals surface area contributed by atoms with Crippen LogP contribution in [0.5, 0.6) is 5.75 Å². The predicted molar refractivity (Wildman–Crippen MR) is 139 cm³/mol. The number of methoxy groups -OCH3 is 1. The van der Waals surface area contributed by atoms with Crippen LogP contribution in [0.2, 0.25) is 0 Å². The normalized spacial score (nSPS) is 17.1. The van der Waals surface area contributed by atoms with Crippen molar-refractivity contribution in [3.05, 3.63) is 132 Å². The van der Waals surface area contributed by atoms with Crippen LogP contribution in [0.25, 0.3) is 0 Å². The molecule has 35 heavy (non-hydrogen) atoms. The van der Waals surface area contributed by atoms with E-state index >= 15 is 0 Å². The Morgan fingerprint density at radius 3 is 2.00 bits per heavy atom. The van der Waals surface area contributed by atoms with Crippen molar-refractivity contribution in [1.82, 2.24) is 4.90 Å². The van der Waals surface area contributed by atoms with Gasteiger partial charge >= 0.3 is 6.03 Å². The monoisotopic (exact) mass is 458 g/mol. The van der Waals surface area contributed by atoms with E-state index in [2.05, 4.69) is 24.0 Å². The van der Waals surface area contributed by atoms with Crippen LogP contribution in [0.15, 0.2) is 115 Å². The van der Waals surface area contributed by atoms with Gasteiger partial charge in [-0.15, -0.1) is 0 Å². The van der Waals surface area contributed by atoms with E-state index in [0.29, 0.717) is 6.54 Å². The molecule has 0 unspecified atom stereocenters. The van der Waals surface area contributed by atoms with Gasteiger partial charge in [-0.3, -0.25) is 4.90 Å². The number of hydrogen-bond donors (Lipinski definition) is 0. The van der Waals surface area contributed by atoms with E-state index in [1.165, 1.54) is 0 Å². The number of hydrogen-bond acceptors (Lipinski definition) is 2. The lowest BCUT2D eigenvalue weighted by Crippen LogP contribution is -2.34. The summed E-state index contributed by atoms with van der Waals surface area (Å²) in [6.45, 7) is 0.476. The van der Waals surface area contributed by atoms with Gasteiger partial charge in [0.1, 0.15) is 11.8 Å². The summed E-state index contributed by atoms with van der Waals surface area (Å²) >= 11 is 0. The van der Waals surface area contributed by atoms with E-state index in [0.717, 1.165) is 28.1 Å². The van der Waals surface area contributed by atoms with Crippen LogP contribution in [0.3, 0.4) is 0 Å². The summed E-state index contributed by atoms with van der Waals surface area (Å²) < 4.78 is 5.34. The molecule has 0 aliphatic carbocycles. The smallest absolute Gasteiger partial charge is 0.326 e. The quantitative estimate of drug-likeness (QED) is 0.329. The second-order valence-electron chi connectivity index (χ2n) is 8.40. The van der Waals surface area contributed by atoms with Gasteiger partial charge in [-0.1, -0.05) is 90.7 Å². The molecule has 0 saturated carbocycles. The summed E-state index contributed by atoms with van der Waals surface area (Å²) in [5.74, 6) is 7.53. The number of amides is 2. The van der Waals surface area contributed by atoms with Crippen molar-refractivity contribution in [1.29, 1.82) is 0 Å². The highest BCUT2D eigenvalue weighted by atomic mass is 16.5. The molecule has 0 radical (unpaired) electrons. The number of nitrogens with zero attached hydrogens (tertiary/aromatic N) is 2. The summed E-state index contributed by atoms with van der Waals surface area (Å²) in [6.07, 6.45) is 0. The lowest BCUT2D eigenvalue weighted by Gasteiger charge is -2.25. The molecule has 172 valence electrons. The summed E-state index contributed by atoms with van der Waals surface area (Å²) in [5.41, 5.74) is 3.84. The highest BCUT2D eigenvalue weighted by Crippen LogP contribution is 2.40. The fraction of sp³-hybridized carbons (Fsp3) is 0.129. The standard InChI is InChI=1S/C31H26N2O2/c1-35-28-20-18-27(19-21-28)33-30(26-15-9-4-10-16-26)29(22-17-24-11-5-2-6-12-24)32(31(33)34)23-25-13-7-3-8-14-25/h2-16,18-21,29-30H,23H2,1H3/t29-,30-/m0/s1. The van der Waals surface area contributed by atoms with Gasteiger partial charge in [0.2, 0.25) is 0 Å². The number of carbonyl (C=O) groups is 1. The van der Waals surface area contributed by atoms with Crippen molar-refractivity contribution in [3.63, 3.8) is 0 Å². The van der Waals surface area contributed by atoms with E-state index in [9.17, 15) is 4.79 Å². The molecule has 1 aliphatic heterocycles. The first-order valence-corrected chi connectivity index (χ1v) is 11.6. The molecule has 2 atom stereocenters. The van der Waals surface area contributed by atoms with Crippen molar-refractivity contribution in [3.8, 4) is 17.6 Å². The van der Waals surface area contributed by atoms with E-state index < -0.39 is 0 Å². The van der Waals surface area contributed by atoms with Crippen molar-refractivity contribution in [2.45, 2.75) is 18.6 Å². The molecule has 2 amide bonds.